The van der Waals surface area contributed by atoms with Gasteiger partial charge in [0.05, 0.1) is 11.6 Å². The van der Waals surface area contributed by atoms with Crippen LogP contribution in [0.4, 0.5) is 5.82 Å². The van der Waals surface area contributed by atoms with E-state index >= 15 is 0 Å². The molecule has 1 aromatic carbocycles. The van der Waals surface area contributed by atoms with Crippen molar-refractivity contribution in [2.45, 2.75) is 20.0 Å². The van der Waals surface area contributed by atoms with E-state index in [0.717, 1.165) is 22.3 Å². The quantitative estimate of drug-likeness (QED) is 0.827. The number of fused-ring (bicyclic) bond motifs is 1. The molecule has 0 amide bonds. The molecule has 1 heterocycles. The molecule has 0 aliphatic carbocycles. The van der Waals surface area contributed by atoms with Crippen molar-refractivity contribution in [2.75, 3.05) is 11.9 Å². The molecular formula is C13H16N2O. The van der Waals surface area contributed by atoms with Crippen LogP contribution in [0.1, 0.15) is 12.5 Å². The summed E-state index contributed by atoms with van der Waals surface area (Å²) >= 11 is 0. The molecule has 2 rings (SSSR count). The number of nitrogens with one attached hydrogen (secondary N) is 1. The van der Waals surface area contributed by atoms with Crippen LogP contribution in [0.2, 0.25) is 0 Å². The van der Waals surface area contributed by atoms with E-state index in [9.17, 15) is 5.11 Å². The maximum absolute atomic E-state index is 9.23. The van der Waals surface area contributed by atoms with Gasteiger partial charge in [-0.3, -0.25) is 0 Å². The molecule has 0 spiro atoms. The average Bonchev–Trinajstić information content (AvgIpc) is 2.26. The van der Waals surface area contributed by atoms with Gasteiger partial charge in [-0.2, -0.15) is 0 Å². The van der Waals surface area contributed by atoms with Crippen molar-refractivity contribution in [3.8, 4) is 0 Å². The van der Waals surface area contributed by atoms with E-state index in [4.69, 9.17) is 0 Å². The second-order valence-corrected chi connectivity index (χ2v) is 4.08. The van der Waals surface area contributed by atoms with Crippen molar-refractivity contribution >= 4 is 16.7 Å². The number of nitrogens with zero attached hydrogens (tertiary/aromatic N) is 1. The molecule has 1 unspecified atom stereocenters. The molecule has 3 heteroatoms. The van der Waals surface area contributed by atoms with E-state index in [1.54, 1.807) is 6.92 Å². The van der Waals surface area contributed by atoms with Crippen LogP contribution < -0.4 is 5.32 Å². The minimum absolute atomic E-state index is 0.368. The van der Waals surface area contributed by atoms with Crippen molar-refractivity contribution in [3.63, 3.8) is 0 Å². The minimum atomic E-state index is -0.368. The van der Waals surface area contributed by atoms with E-state index < -0.39 is 0 Å². The van der Waals surface area contributed by atoms with E-state index in [0.29, 0.717) is 6.54 Å². The number of para-hydroxylation sites is 1. The predicted molar refractivity (Wildman–Crippen MR) is 66.7 cm³/mol. The van der Waals surface area contributed by atoms with Crippen molar-refractivity contribution in [1.29, 1.82) is 0 Å². The highest BCUT2D eigenvalue weighted by Crippen LogP contribution is 2.19. The third kappa shape index (κ3) is 2.31. The van der Waals surface area contributed by atoms with Gasteiger partial charge in [0.25, 0.3) is 0 Å². The van der Waals surface area contributed by atoms with Crippen LogP contribution in [0.15, 0.2) is 30.3 Å². The third-order valence-corrected chi connectivity index (χ3v) is 2.48. The van der Waals surface area contributed by atoms with Crippen LogP contribution in [-0.4, -0.2) is 22.7 Å². The van der Waals surface area contributed by atoms with Gasteiger partial charge in [0.2, 0.25) is 0 Å². The first-order valence-electron chi connectivity index (χ1n) is 5.45. The van der Waals surface area contributed by atoms with Crippen molar-refractivity contribution < 1.29 is 5.11 Å². The van der Waals surface area contributed by atoms with Gasteiger partial charge in [-0.15, -0.1) is 0 Å². The molecule has 3 nitrogen and oxygen atoms in total. The lowest BCUT2D eigenvalue weighted by molar-refractivity contribution is 0.208. The number of aliphatic hydroxyl groups is 1. The molecule has 1 atom stereocenters. The number of rotatable bonds is 3. The second-order valence-electron chi connectivity index (χ2n) is 4.08. The molecular weight excluding hydrogens is 200 g/mol. The van der Waals surface area contributed by atoms with E-state index in [-0.39, 0.29) is 6.10 Å². The Bertz CT molecular complexity index is 494. The molecule has 0 aliphatic heterocycles. The van der Waals surface area contributed by atoms with Gasteiger partial charge in [0.15, 0.2) is 0 Å². The summed E-state index contributed by atoms with van der Waals surface area (Å²) in [6.45, 7) is 4.29. The first-order chi connectivity index (χ1) is 7.66. The van der Waals surface area contributed by atoms with Gasteiger partial charge in [-0.05, 0) is 31.5 Å². The van der Waals surface area contributed by atoms with Crippen molar-refractivity contribution in [2.24, 2.45) is 0 Å². The topological polar surface area (TPSA) is 45.2 Å². The zero-order valence-corrected chi connectivity index (χ0v) is 9.57. The summed E-state index contributed by atoms with van der Waals surface area (Å²) < 4.78 is 0. The van der Waals surface area contributed by atoms with Gasteiger partial charge in [0, 0.05) is 11.9 Å². The smallest absolute Gasteiger partial charge is 0.129 e. The van der Waals surface area contributed by atoms with Crippen LogP contribution in [-0.2, 0) is 0 Å². The molecule has 2 N–H and O–H groups in total. The Morgan fingerprint density at radius 1 is 1.38 bits per heavy atom. The maximum atomic E-state index is 9.23. The number of aromatic nitrogens is 1. The average molecular weight is 216 g/mol. The third-order valence-electron chi connectivity index (χ3n) is 2.48. The summed E-state index contributed by atoms with van der Waals surface area (Å²) in [5.41, 5.74) is 2.07. The SMILES string of the molecule is Cc1cc2ccccc2nc1NCC(C)O. The standard InChI is InChI=1S/C13H16N2O/c1-9-7-11-5-3-4-6-12(11)15-13(9)14-8-10(2)16/h3-7,10,16H,8H2,1-2H3,(H,14,15). The van der Waals surface area contributed by atoms with Gasteiger partial charge < -0.3 is 10.4 Å². The van der Waals surface area contributed by atoms with Gasteiger partial charge >= 0.3 is 0 Å². The Labute approximate surface area is 95.1 Å². The summed E-state index contributed by atoms with van der Waals surface area (Å²) in [6.07, 6.45) is -0.368. The fraction of sp³-hybridized carbons (Fsp3) is 0.308. The molecule has 0 aliphatic rings. The Hall–Kier alpha value is -1.61. The summed E-state index contributed by atoms with van der Waals surface area (Å²) in [4.78, 5) is 4.52. The van der Waals surface area contributed by atoms with Crippen LogP contribution in [0.5, 0.6) is 0 Å². The van der Waals surface area contributed by atoms with Crippen LogP contribution >= 0.6 is 0 Å². The molecule has 0 radical (unpaired) electrons. The highest BCUT2D eigenvalue weighted by molar-refractivity contribution is 5.81. The number of benzene rings is 1. The molecule has 2 aromatic rings. The summed E-state index contributed by atoms with van der Waals surface area (Å²) in [7, 11) is 0. The normalized spacial score (nSPS) is 12.7. The zero-order chi connectivity index (χ0) is 11.5. The molecule has 0 saturated carbocycles. The Morgan fingerprint density at radius 3 is 2.88 bits per heavy atom. The summed E-state index contributed by atoms with van der Waals surface area (Å²) in [6, 6.07) is 10.1. The first-order valence-corrected chi connectivity index (χ1v) is 5.45. The van der Waals surface area contributed by atoms with Crippen LogP contribution in [0.3, 0.4) is 0 Å². The molecule has 84 valence electrons. The maximum Gasteiger partial charge on any atom is 0.129 e. The number of hydrogen-bond acceptors (Lipinski definition) is 3. The Morgan fingerprint density at radius 2 is 2.12 bits per heavy atom. The molecule has 1 aromatic heterocycles. The van der Waals surface area contributed by atoms with Gasteiger partial charge in [0.1, 0.15) is 5.82 Å². The van der Waals surface area contributed by atoms with Gasteiger partial charge in [-0.25, -0.2) is 4.98 Å². The highest BCUT2D eigenvalue weighted by atomic mass is 16.3. The first kappa shape index (κ1) is 10.9. The fourth-order valence-electron chi connectivity index (χ4n) is 1.64. The van der Waals surface area contributed by atoms with Gasteiger partial charge in [-0.1, -0.05) is 18.2 Å². The van der Waals surface area contributed by atoms with Crippen molar-refractivity contribution in [3.05, 3.63) is 35.9 Å². The number of aliphatic hydroxyl groups excluding tert-OH is 1. The molecule has 0 fully saturated rings. The largest absolute Gasteiger partial charge is 0.392 e. The molecule has 0 saturated heterocycles. The van der Waals surface area contributed by atoms with Crippen LogP contribution in [0, 0.1) is 6.92 Å². The predicted octanol–water partition coefficient (Wildman–Crippen LogP) is 2.34. The van der Waals surface area contributed by atoms with E-state index in [1.807, 2.05) is 31.2 Å². The zero-order valence-electron chi connectivity index (χ0n) is 9.57. The number of pyridine rings is 1. The number of anilines is 1. The lowest BCUT2D eigenvalue weighted by Gasteiger charge is -2.11. The fourth-order valence-corrected chi connectivity index (χ4v) is 1.64. The lowest BCUT2D eigenvalue weighted by atomic mass is 10.1. The monoisotopic (exact) mass is 216 g/mol. The Balaban J connectivity index is 2.34. The van der Waals surface area contributed by atoms with E-state index in [1.165, 1.54) is 0 Å². The second kappa shape index (κ2) is 4.49. The minimum Gasteiger partial charge on any atom is -0.392 e. The summed E-state index contributed by atoms with van der Waals surface area (Å²) in [5.74, 6) is 0.847. The highest BCUT2D eigenvalue weighted by Gasteiger charge is 2.03. The summed E-state index contributed by atoms with van der Waals surface area (Å²) in [5, 5.41) is 13.5. The number of hydrogen-bond donors (Lipinski definition) is 2. The Kier molecular flexibility index (Phi) is 3.06. The van der Waals surface area contributed by atoms with E-state index in [2.05, 4.69) is 16.4 Å². The molecule has 16 heavy (non-hydrogen) atoms. The van der Waals surface area contributed by atoms with Crippen LogP contribution in [0.25, 0.3) is 10.9 Å². The molecule has 0 bridgehead atoms. The lowest BCUT2D eigenvalue weighted by Crippen LogP contribution is -2.16. The number of aryl methyl sites for hydroxylation is 1. The van der Waals surface area contributed by atoms with Crippen molar-refractivity contribution in [1.82, 2.24) is 4.98 Å².